The van der Waals surface area contributed by atoms with E-state index in [1.54, 1.807) is 0 Å². The van der Waals surface area contributed by atoms with Crippen molar-refractivity contribution in [3.63, 3.8) is 0 Å². The second kappa shape index (κ2) is 10.9. The van der Waals surface area contributed by atoms with Gasteiger partial charge in [-0.25, -0.2) is 15.0 Å². The summed E-state index contributed by atoms with van der Waals surface area (Å²) < 4.78 is 6.30. The zero-order chi connectivity index (χ0) is 33.4. The molecule has 7 aromatic carbocycles. The zero-order valence-corrected chi connectivity index (χ0v) is 28.7. The second-order valence-electron chi connectivity index (χ2n) is 13.7. The Morgan fingerprint density at radius 1 is 0.420 bits per heavy atom. The van der Waals surface area contributed by atoms with E-state index in [0.717, 1.165) is 49.8 Å². The van der Waals surface area contributed by atoms with Gasteiger partial charge in [-0.15, -0.1) is 0 Å². The highest BCUT2D eigenvalue weighted by molar-refractivity contribution is 7.04. The zero-order valence-electron chi connectivity index (χ0n) is 27.7. The van der Waals surface area contributed by atoms with Gasteiger partial charge in [-0.2, -0.15) is 0 Å². The molecule has 0 amide bonds. The van der Waals surface area contributed by atoms with E-state index in [9.17, 15) is 0 Å². The first-order valence-electron chi connectivity index (χ1n) is 17.0. The standard InChI is InChI=1S/C45H31N3OSi/c1-50(2)40-19-8-6-16-36(40)42-37(17-10-20-41(42)50)45-47-43(32-14-9-13-30(26-32)31-22-21-28-11-3-4-12-29(28)25-31)46-44(48-45)33-23-24-35-34-15-5-7-18-38(34)49-39(35)27-33/h3-27H,1-2H3. The van der Waals surface area contributed by atoms with Crippen molar-refractivity contribution in [3.05, 3.63) is 152 Å². The molecule has 50 heavy (non-hydrogen) atoms. The van der Waals surface area contributed by atoms with Crippen molar-refractivity contribution in [2.45, 2.75) is 13.1 Å². The number of rotatable bonds is 4. The van der Waals surface area contributed by atoms with E-state index < -0.39 is 8.07 Å². The first kappa shape index (κ1) is 28.8. The van der Waals surface area contributed by atoms with Crippen molar-refractivity contribution >= 4 is 51.2 Å². The lowest BCUT2D eigenvalue weighted by molar-refractivity contribution is 0.669. The van der Waals surface area contributed by atoms with Crippen LogP contribution in [-0.4, -0.2) is 23.0 Å². The maximum absolute atomic E-state index is 6.30. The van der Waals surface area contributed by atoms with Crippen LogP contribution in [0, 0.1) is 0 Å². The Kier molecular flexibility index (Phi) is 6.29. The summed E-state index contributed by atoms with van der Waals surface area (Å²) in [5.41, 5.74) is 9.35. The summed E-state index contributed by atoms with van der Waals surface area (Å²) >= 11 is 0. The van der Waals surface area contributed by atoms with Crippen LogP contribution < -0.4 is 10.4 Å². The molecule has 1 aliphatic rings. The Bertz CT molecular complexity index is 2820. The SMILES string of the molecule is C[Si]1(C)c2ccccc2-c2c(-c3nc(-c4cccc(-c5ccc6ccccc6c5)c4)nc(-c4ccc5c(c4)oc4ccccc45)n3)cccc21. The number of aromatic nitrogens is 3. The molecule has 0 atom stereocenters. The third-order valence-electron chi connectivity index (χ3n) is 10.3. The molecule has 1 aliphatic heterocycles. The molecule has 10 rings (SSSR count). The summed E-state index contributed by atoms with van der Waals surface area (Å²) in [4.78, 5) is 15.6. The first-order valence-corrected chi connectivity index (χ1v) is 20.0. The monoisotopic (exact) mass is 657 g/mol. The molecule has 3 heterocycles. The van der Waals surface area contributed by atoms with Gasteiger partial charge in [-0.1, -0.05) is 134 Å². The number of hydrogen-bond acceptors (Lipinski definition) is 4. The summed E-state index contributed by atoms with van der Waals surface area (Å²) in [6.45, 7) is 4.87. The van der Waals surface area contributed by atoms with Gasteiger partial charge in [0.25, 0.3) is 0 Å². The van der Waals surface area contributed by atoms with Crippen LogP contribution in [-0.2, 0) is 0 Å². The smallest absolute Gasteiger partial charge is 0.164 e. The van der Waals surface area contributed by atoms with Crippen LogP contribution in [0.15, 0.2) is 156 Å². The molecule has 0 spiro atoms. The molecule has 4 nitrogen and oxygen atoms in total. The topological polar surface area (TPSA) is 51.8 Å². The maximum atomic E-state index is 6.30. The summed E-state index contributed by atoms with van der Waals surface area (Å²) in [6, 6.07) is 53.5. The van der Waals surface area contributed by atoms with Crippen molar-refractivity contribution in [3.8, 4) is 56.4 Å². The fourth-order valence-electron chi connectivity index (χ4n) is 7.77. The van der Waals surface area contributed by atoms with Gasteiger partial charge in [0.2, 0.25) is 0 Å². The third-order valence-corrected chi connectivity index (χ3v) is 13.9. The molecule has 0 bridgehead atoms. The summed E-state index contributed by atoms with van der Waals surface area (Å²) in [7, 11) is -1.90. The van der Waals surface area contributed by atoms with E-state index in [4.69, 9.17) is 19.4 Å². The number of hydrogen-bond donors (Lipinski definition) is 0. The van der Waals surface area contributed by atoms with Crippen LogP contribution in [0.3, 0.4) is 0 Å². The van der Waals surface area contributed by atoms with Crippen molar-refractivity contribution < 1.29 is 4.42 Å². The summed E-state index contributed by atoms with van der Waals surface area (Å²) in [5.74, 6) is 1.92. The van der Waals surface area contributed by atoms with E-state index in [-0.39, 0.29) is 0 Å². The van der Waals surface area contributed by atoms with Crippen molar-refractivity contribution in [2.24, 2.45) is 0 Å². The second-order valence-corrected chi connectivity index (χ2v) is 18.0. The Hall–Kier alpha value is -6.17. The van der Waals surface area contributed by atoms with Gasteiger partial charge < -0.3 is 4.42 Å². The predicted octanol–water partition coefficient (Wildman–Crippen LogP) is 10.4. The van der Waals surface area contributed by atoms with Crippen LogP contribution in [0.25, 0.3) is 89.1 Å². The third kappa shape index (κ3) is 4.47. The fourth-order valence-corrected chi connectivity index (χ4v) is 10.9. The number of furan rings is 1. The normalized spacial score (nSPS) is 13.2. The lowest BCUT2D eigenvalue weighted by Crippen LogP contribution is -2.49. The van der Waals surface area contributed by atoms with Gasteiger partial charge in [0.15, 0.2) is 17.5 Å². The molecule has 0 saturated heterocycles. The van der Waals surface area contributed by atoms with Crippen LogP contribution >= 0.6 is 0 Å². The van der Waals surface area contributed by atoms with E-state index in [1.165, 1.54) is 32.3 Å². The van der Waals surface area contributed by atoms with Crippen LogP contribution in [0.4, 0.5) is 0 Å². The molecule has 0 unspecified atom stereocenters. The largest absolute Gasteiger partial charge is 0.456 e. The van der Waals surface area contributed by atoms with Crippen LogP contribution in [0.2, 0.25) is 13.1 Å². The Morgan fingerprint density at radius 2 is 1.04 bits per heavy atom. The first-order chi connectivity index (χ1) is 24.5. The van der Waals surface area contributed by atoms with E-state index in [2.05, 4.69) is 147 Å². The maximum Gasteiger partial charge on any atom is 0.164 e. The van der Waals surface area contributed by atoms with Crippen molar-refractivity contribution in [1.82, 2.24) is 15.0 Å². The fraction of sp³-hybridized carbons (Fsp3) is 0.0444. The molecule has 0 N–H and O–H groups in total. The molecular weight excluding hydrogens is 627 g/mol. The van der Waals surface area contributed by atoms with Crippen LogP contribution in [0.5, 0.6) is 0 Å². The molecule has 0 aliphatic carbocycles. The van der Waals surface area contributed by atoms with Crippen LogP contribution in [0.1, 0.15) is 0 Å². The highest BCUT2D eigenvalue weighted by Crippen LogP contribution is 2.38. The Labute approximate surface area is 290 Å². The quantitative estimate of drug-likeness (QED) is 0.177. The minimum Gasteiger partial charge on any atom is -0.456 e. The van der Waals surface area contributed by atoms with Gasteiger partial charge in [-0.3, -0.25) is 0 Å². The van der Waals surface area contributed by atoms with E-state index in [0.29, 0.717) is 17.5 Å². The Morgan fingerprint density at radius 3 is 1.94 bits per heavy atom. The molecule has 5 heteroatoms. The number of para-hydroxylation sites is 1. The summed E-state index contributed by atoms with van der Waals surface area (Å²) in [5, 5.41) is 7.49. The molecule has 236 valence electrons. The molecule has 0 radical (unpaired) electrons. The number of fused-ring (bicyclic) bond motifs is 7. The van der Waals surface area contributed by atoms with Gasteiger partial charge in [-0.05, 0) is 73.7 Å². The molecular formula is C45H31N3OSi. The van der Waals surface area contributed by atoms with Gasteiger partial charge >= 0.3 is 0 Å². The van der Waals surface area contributed by atoms with Gasteiger partial charge in [0.1, 0.15) is 19.2 Å². The molecule has 0 fully saturated rings. The van der Waals surface area contributed by atoms with Gasteiger partial charge in [0.05, 0.1) is 0 Å². The highest BCUT2D eigenvalue weighted by atomic mass is 28.3. The average molecular weight is 658 g/mol. The minimum atomic E-state index is -1.90. The van der Waals surface area contributed by atoms with Crippen molar-refractivity contribution in [1.29, 1.82) is 0 Å². The number of benzene rings is 7. The highest BCUT2D eigenvalue weighted by Gasteiger charge is 2.38. The molecule has 9 aromatic rings. The van der Waals surface area contributed by atoms with E-state index in [1.807, 2.05) is 18.2 Å². The van der Waals surface area contributed by atoms with Gasteiger partial charge in [0, 0.05) is 27.5 Å². The minimum absolute atomic E-state index is 0.615. The Balaban J connectivity index is 1.18. The summed E-state index contributed by atoms with van der Waals surface area (Å²) in [6.07, 6.45) is 0. The molecule has 0 saturated carbocycles. The lowest BCUT2D eigenvalue weighted by Gasteiger charge is -2.18. The number of nitrogens with zero attached hydrogens (tertiary/aromatic N) is 3. The van der Waals surface area contributed by atoms with E-state index >= 15 is 0 Å². The predicted molar refractivity (Wildman–Crippen MR) is 209 cm³/mol. The molecule has 2 aromatic heterocycles. The van der Waals surface area contributed by atoms with Crippen molar-refractivity contribution in [2.75, 3.05) is 0 Å². The lowest BCUT2D eigenvalue weighted by atomic mass is 9.98. The average Bonchev–Trinajstić information content (AvgIpc) is 3.66.